The molecule has 0 N–H and O–H groups in total. The predicted molar refractivity (Wildman–Crippen MR) is 99.3 cm³/mol. The highest BCUT2D eigenvalue weighted by atomic mass is 32.1. The van der Waals surface area contributed by atoms with E-state index in [0.29, 0.717) is 18.7 Å². The lowest BCUT2D eigenvalue weighted by Crippen LogP contribution is -2.50. The molecule has 1 aromatic heterocycles. The summed E-state index contributed by atoms with van der Waals surface area (Å²) in [7, 11) is 0. The summed E-state index contributed by atoms with van der Waals surface area (Å²) < 4.78 is 5.11. The number of aryl methyl sites for hydroxylation is 1. The average Bonchev–Trinajstić information content (AvgIpc) is 3.17. The first-order valence-corrected chi connectivity index (χ1v) is 9.29. The second kappa shape index (κ2) is 7.70. The van der Waals surface area contributed by atoms with Gasteiger partial charge in [0.2, 0.25) is 0 Å². The van der Waals surface area contributed by atoms with Gasteiger partial charge < -0.3 is 14.5 Å². The molecule has 0 radical (unpaired) electrons. The van der Waals surface area contributed by atoms with E-state index in [4.69, 9.17) is 4.74 Å². The van der Waals surface area contributed by atoms with Gasteiger partial charge >= 0.3 is 5.97 Å². The molecular weight excluding hydrogens is 336 g/mol. The van der Waals surface area contributed by atoms with E-state index in [0.717, 1.165) is 13.1 Å². The molecule has 0 aliphatic carbocycles. The maximum absolute atomic E-state index is 12.3. The van der Waals surface area contributed by atoms with Crippen molar-refractivity contribution in [1.29, 1.82) is 0 Å². The van der Waals surface area contributed by atoms with Crippen LogP contribution in [0, 0.1) is 13.8 Å². The monoisotopic (exact) mass is 358 g/mol. The van der Waals surface area contributed by atoms with Crippen LogP contribution in [0.3, 0.4) is 0 Å². The van der Waals surface area contributed by atoms with Gasteiger partial charge in [-0.15, -0.1) is 0 Å². The first-order valence-electron chi connectivity index (χ1n) is 8.34. The Morgan fingerprint density at radius 3 is 2.56 bits per heavy atom. The largest absolute Gasteiger partial charge is 0.452 e. The molecule has 0 unspecified atom stereocenters. The van der Waals surface area contributed by atoms with Crippen molar-refractivity contribution in [2.75, 3.05) is 37.7 Å². The number of ether oxygens (including phenoxy) is 1. The van der Waals surface area contributed by atoms with Crippen LogP contribution in [-0.4, -0.2) is 49.6 Å². The molecule has 1 amide bonds. The van der Waals surface area contributed by atoms with Crippen LogP contribution in [0.15, 0.2) is 35.0 Å². The topological polar surface area (TPSA) is 49.9 Å². The number of piperazine rings is 1. The van der Waals surface area contributed by atoms with E-state index in [1.807, 2.05) is 5.38 Å². The van der Waals surface area contributed by atoms with E-state index in [1.165, 1.54) is 28.2 Å². The van der Waals surface area contributed by atoms with Gasteiger partial charge in [-0.2, -0.15) is 11.3 Å². The summed E-state index contributed by atoms with van der Waals surface area (Å²) in [4.78, 5) is 28.1. The van der Waals surface area contributed by atoms with Crippen molar-refractivity contribution in [3.63, 3.8) is 0 Å². The molecule has 1 aliphatic rings. The fourth-order valence-corrected chi connectivity index (χ4v) is 3.58. The summed E-state index contributed by atoms with van der Waals surface area (Å²) >= 11 is 1.43. The first-order chi connectivity index (χ1) is 12.1. The lowest BCUT2D eigenvalue weighted by Gasteiger charge is -2.37. The number of hydrogen-bond donors (Lipinski definition) is 0. The number of amides is 1. The smallest absolute Gasteiger partial charge is 0.339 e. The zero-order valence-corrected chi connectivity index (χ0v) is 15.3. The molecule has 25 heavy (non-hydrogen) atoms. The van der Waals surface area contributed by atoms with Crippen molar-refractivity contribution < 1.29 is 14.3 Å². The van der Waals surface area contributed by atoms with Crippen molar-refractivity contribution in [3.05, 3.63) is 51.7 Å². The van der Waals surface area contributed by atoms with Gasteiger partial charge in [-0.05, 0) is 42.5 Å². The van der Waals surface area contributed by atoms with Crippen molar-refractivity contribution in [2.45, 2.75) is 13.8 Å². The predicted octanol–water partition coefficient (Wildman–Crippen LogP) is 2.87. The van der Waals surface area contributed by atoms with E-state index in [-0.39, 0.29) is 12.5 Å². The van der Waals surface area contributed by atoms with Crippen molar-refractivity contribution >= 4 is 28.9 Å². The van der Waals surface area contributed by atoms with Gasteiger partial charge in [-0.1, -0.05) is 12.1 Å². The van der Waals surface area contributed by atoms with Gasteiger partial charge in [-0.25, -0.2) is 4.79 Å². The molecule has 0 saturated carbocycles. The van der Waals surface area contributed by atoms with Gasteiger partial charge in [0.15, 0.2) is 6.61 Å². The third-order valence-electron chi connectivity index (χ3n) is 4.63. The lowest BCUT2D eigenvalue weighted by atomic mass is 10.1. The number of anilines is 1. The van der Waals surface area contributed by atoms with E-state index in [2.05, 4.69) is 36.9 Å². The fraction of sp³-hybridized carbons (Fsp3) is 0.368. The highest BCUT2D eigenvalue weighted by Gasteiger charge is 2.23. The van der Waals surface area contributed by atoms with Crippen LogP contribution in [0.2, 0.25) is 0 Å². The Labute approximate surface area is 151 Å². The number of hydrogen-bond acceptors (Lipinski definition) is 5. The number of rotatable bonds is 4. The van der Waals surface area contributed by atoms with Crippen LogP contribution in [0.4, 0.5) is 5.69 Å². The summed E-state index contributed by atoms with van der Waals surface area (Å²) in [6, 6.07) is 8.00. The van der Waals surface area contributed by atoms with Crippen LogP contribution in [0.1, 0.15) is 21.5 Å². The Kier molecular flexibility index (Phi) is 5.38. The molecule has 0 atom stereocenters. The maximum Gasteiger partial charge on any atom is 0.339 e. The molecule has 0 bridgehead atoms. The zero-order valence-electron chi connectivity index (χ0n) is 14.5. The molecule has 2 aromatic rings. The highest BCUT2D eigenvalue weighted by molar-refractivity contribution is 7.08. The average molecular weight is 358 g/mol. The third kappa shape index (κ3) is 4.02. The molecule has 132 valence electrons. The molecule has 0 spiro atoms. The first kappa shape index (κ1) is 17.5. The summed E-state index contributed by atoms with van der Waals surface area (Å²) in [6.07, 6.45) is 0. The minimum Gasteiger partial charge on any atom is -0.452 e. The van der Waals surface area contributed by atoms with Crippen LogP contribution < -0.4 is 4.90 Å². The third-order valence-corrected chi connectivity index (χ3v) is 5.32. The minimum atomic E-state index is -0.441. The number of esters is 1. The summed E-state index contributed by atoms with van der Waals surface area (Å²) in [6.45, 7) is 6.90. The molecule has 1 fully saturated rings. The zero-order chi connectivity index (χ0) is 17.8. The molecule has 3 rings (SSSR count). The molecular formula is C19H22N2O3S. The number of benzene rings is 1. The second-order valence-electron chi connectivity index (χ2n) is 6.18. The van der Waals surface area contributed by atoms with Gasteiger partial charge in [0, 0.05) is 37.2 Å². The maximum atomic E-state index is 12.3. The van der Waals surface area contributed by atoms with Gasteiger partial charge in [0.25, 0.3) is 5.91 Å². The summed E-state index contributed by atoms with van der Waals surface area (Å²) in [5.74, 6) is -0.576. The summed E-state index contributed by atoms with van der Waals surface area (Å²) in [5.41, 5.74) is 4.29. The van der Waals surface area contributed by atoms with E-state index < -0.39 is 5.97 Å². The number of nitrogens with zero attached hydrogens (tertiary/aromatic N) is 2. The van der Waals surface area contributed by atoms with E-state index in [9.17, 15) is 9.59 Å². The standard InChI is InChI=1S/C19H22N2O3S/c1-14-4-3-5-17(15(14)2)20-7-9-21(10-8-20)18(22)12-24-19(23)16-6-11-25-13-16/h3-6,11,13H,7-10,12H2,1-2H3. The van der Waals surface area contributed by atoms with E-state index in [1.54, 1.807) is 16.3 Å². The molecule has 2 heterocycles. The molecule has 1 aliphatic heterocycles. The number of thiophene rings is 1. The number of carbonyl (C=O) groups is 2. The van der Waals surface area contributed by atoms with Crippen LogP contribution >= 0.6 is 11.3 Å². The lowest BCUT2D eigenvalue weighted by molar-refractivity contribution is -0.134. The Morgan fingerprint density at radius 2 is 1.88 bits per heavy atom. The van der Waals surface area contributed by atoms with E-state index >= 15 is 0 Å². The van der Waals surface area contributed by atoms with Crippen molar-refractivity contribution in [1.82, 2.24) is 4.90 Å². The van der Waals surface area contributed by atoms with Crippen molar-refractivity contribution in [2.24, 2.45) is 0 Å². The summed E-state index contributed by atoms with van der Waals surface area (Å²) in [5, 5.41) is 3.53. The van der Waals surface area contributed by atoms with Crippen LogP contribution in [-0.2, 0) is 9.53 Å². The minimum absolute atomic E-state index is 0.135. The fourth-order valence-electron chi connectivity index (χ4n) is 2.96. The highest BCUT2D eigenvalue weighted by Crippen LogP contribution is 2.23. The van der Waals surface area contributed by atoms with Gasteiger partial charge in [-0.3, -0.25) is 4.79 Å². The second-order valence-corrected chi connectivity index (χ2v) is 6.96. The number of carbonyl (C=O) groups excluding carboxylic acids is 2. The molecule has 5 nitrogen and oxygen atoms in total. The normalized spacial score (nSPS) is 14.5. The van der Waals surface area contributed by atoms with Gasteiger partial charge in [0.1, 0.15) is 0 Å². The SMILES string of the molecule is Cc1cccc(N2CCN(C(=O)COC(=O)c3ccsc3)CC2)c1C. The van der Waals surface area contributed by atoms with Gasteiger partial charge in [0.05, 0.1) is 5.56 Å². The van der Waals surface area contributed by atoms with Crippen molar-refractivity contribution in [3.8, 4) is 0 Å². The Bertz CT molecular complexity index is 750. The molecule has 6 heteroatoms. The Balaban J connectivity index is 1.51. The van der Waals surface area contributed by atoms with Crippen LogP contribution in [0.5, 0.6) is 0 Å². The Morgan fingerprint density at radius 1 is 1.12 bits per heavy atom. The molecule has 1 saturated heterocycles. The molecule has 1 aromatic carbocycles. The Hall–Kier alpha value is -2.34. The quantitative estimate of drug-likeness (QED) is 0.789. The van der Waals surface area contributed by atoms with Crippen LogP contribution in [0.25, 0.3) is 0 Å².